The van der Waals surface area contributed by atoms with Crippen LogP contribution in [0, 0.1) is 6.92 Å². The van der Waals surface area contributed by atoms with Gasteiger partial charge in [0.2, 0.25) is 0 Å². The molecule has 0 saturated heterocycles. The summed E-state index contributed by atoms with van der Waals surface area (Å²) in [6.45, 7) is 1.87. The summed E-state index contributed by atoms with van der Waals surface area (Å²) in [5, 5.41) is 13.0. The summed E-state index contributed by atoms with van der Waals surface area (Å²) >= 11 is 0. The normalized spacial score (nSPS) is 10.7. The van der Waals surface area contributed by atoms with Crippen LogP contribution in [0.5, 0.6) is 0 Å². The second-order valence-electron chi connectivity index (χ2n) is 3.97. The van der Waals surface area contributed by atoms with Crippen molar-refractivity contribution in [3.63, 3.8) is 0 Å². The summed E-state index contributed by atoms with van der Waals surface area (Å²) in [4.78, 5) is 10.6. The highest BCUT2D eigenvalue weighted by atomic mass is 16.4. The first-order valence-electron chi connectivity index (χ1n) is 5.37. The fourth-order valence-corrected chi connectivity index (χ4v) is 1.73. The van der Waals surface area contributed by atoms with Gasteiger partial charge in [0.15, 0.2) is 0 Å². The van der Waals surface area contributed by atoms with Gasteiger partial charge in [-0.3, -0.25) is 9.48 Å². The van der Waals surface area contributed by atoms with Gasteiger partial charge in [-0.15, -0.1) is 0 Å². The van der Waals surface area contributed by atoms with Crippen LogP contribution in [0.1, 0.15) is 17.9 Å². The lowest BCUT2D eigenvalue weighted by molar-refractivity contribution is -0.136. The maximum atomic E-state index is 10.6. The lowest BCUT2D eigenvalue weighted by Crippen LogP contribution is -1.99. The van der Waals surface area contributed by atoms with Crippen molar-refractivity contribution in [2.75, 3.05) is 0 Å². The number of aromatic nitrogens is 2. The first-order chi connectivity index (χ1) is 8.06. The average molecular weight is 234 g/mol. The second-order valence-corrected chi connectivity index (χ2v) is 3.97. The molecule has 2 rings (SSSR count). The van der Waals surface area contributed by atoms with Crippen LogP contribution in [0.4, 0.5) is 0 Å². The van der Waals surface area contributed by atoms with Crippen molar-refractivity contribution in [1.29, 1.82) is 0 Å². The first kappa shape index (κ1) is 11.4. The zero-order chi connectivity index (χ0) is 12.4. The van der Waals surface area contributed by atoms with E-state index >= 15 is 0 Å². The van der Waals surface area contributed by atoms with Crippen molar-refractivity contribution in [1.82, 2.24) is 9.78 Å². The number of carboxylic acid groups (broad SMARTS) is 1. The molecule has 0 aliphatic rings. The summed E-state index contributed by atoms with van der Waals surface area (Å²) in [7, 11) is 1.81. The van der Waals surface area contributed by atoms with E-state index in [1.807, 2.05) is 32.3 Å². The van der Waals surface area contributed by atoms with Gasteiger partial charge in [0.05, 0.1) is 17.7 Å². The van der Waals surface area contributed by atoms with Gasteiger partial charge >= 0.3 is 5.97 Å². The van der Waals surface area contributed by atoms with Crippen LogP contribution in [0.15, 0.2) is 22.7 Å². The van der Waals surface area contributed by atoms with E-state index in [0.29, 0.717) is 6.42 Å². The van der Waals surface area contributed by atoms with Gasteiger partial charge in [0.1, 0.15) is 11.5 Å². The Morgan fingerprint density at radius 1 is 1.53 bits per heavy atom. The van der Waals surface area contributed by atoms with E-state index in [1.165, 1.54) is 0 Å². The summed E-state index contributed by atoms with van der Waals surface area (Å²) in [6.07, 6.45) is 2.32. The molecule has 0 aromatic carbocycles. The van der Waals surface area contributed by atoms with Crippen molar-refractivity contribution in [3.8, 4) is 11.3 Å². The third-order valence-corrected chi connectivity index (χ3v) is 2.49. The van der Waals surface area contributed by atoms with Crippen LogP contribution in [-0.4, -0.2) is 20.9 Å². The van der Waals surface area contributed by atoms with Gasteiger partial charge in [0, 0.05) is 19.7 Å². The largest absolute Gasteiger partial charge is 0.481 e. The molecule has 1 N–H and O–H groups in total. The molecule has 0 atom stereocenters. The maximum Gasteiger partial charge on any atom is 0.303 e. The minimum atomic E-state index is -0.822. The lowest BCUT2D eigenvalue weighted by Gasteiger charge is -1.97. The Morgan fingerprint density at radius 3 is 2.88 bits per heavy atom. The molecule has 0 fully saturated rings. The van der Waals surface area contributed by atoms with E-state index in [4.69, 9.17) is 9.52 Å². The van der Waals surface area contributed by atoms with Gasteiger partial charge in [0.25, 0.3) is 0 Å². The molecule has 2 heterocycles. The van der Waals surface area contributed by atoms with Gasteiger partial charge in [-0.2, -0.15) is 5.10 Å². The standard InChI is InChI=1S/C12H14N2O3/c1-8-3-5-11(17-8)9-7-14(2)13-10(9)4-6-12(15)16/h3,5,7H,4,6H2,1-2H3,(H,15,16). The Morgan fingerprint density at radius 2 is 2.29 bits per heavy atom. The molecule has 2 aromatic rings. The van der Waals surface area contributed by atoms with Crippen LogP contribution in [0.3, 0.4) is 0 Å². The predicted octanol–water partition coefficient (Wildman–Crippen LogP) is 2.01. The highest BCUT2D eigenvalue weighted by molar-refractivity contribution is 5.68. The Bertz CT molecular complexity index is 540. The predicted molar refractivity (Wildman–Crippen MR) is 61.6 cm³/mol. The smallest absolute Gasteiger partial charge is 0.303 e. The Hall–Kier alpha value is -2.04. The Balaban J connectivity index is 2.30. The Kier molecular flexibility index (Phi) is 2.99. The number of rotatable bonds is 4. The number of furan rings is 1. The van der Waals surface area contributed by atoms with Crippen molar-refractivity contribution in [2.45, 2.75) is 19.8 Å². The maximum absolute atomic E-state index is 10.6. The molecular formula is C12H14N2O3. The van der Waals surface area contributed by atoms with Crippen molar-refractivity contribution in [3.05, 3.63) is 29.8 Å². The molecule has 0 bridgehead atoms. The topological polar surface area (TPSA) is 68.3 Å². The van der Waals surface area contributed by atoms with Gasteiger partial charge < -0.3 is 9.52 Å². The molecule has 2 aromatic heterocycles. The molecule has 0 radical (unpaired) electrons. The quantitative estimate of drug-likeness (QED) is 0.878. The number of carbonyl (C=O) groups is 1. The number of carboxylic acids is 1. The molecule has 0 saturated carbocycles. The van der Waals surface area contributed by atoms with Crippen molar-refractivity contribution >= 4 is 5.97 Å². The summed E-state index contributed by atoms with van der Waals surface area (Å²) in [6, 6.07) is 3.75. The molecule has 17 heavy (non-hydrogen) atoms. The molecule has 5 heteroatoms. The summed E-state index contributed by atoms with van der Waals surface area (Å²) < 4.78 is 7.20. The first-order valence-corrected chi connectivity index (χ1v) is 5.37. The van der Waals surface area contributed by atoms with E-state index in [-0.39, 0.29) is 6.42 Å². The monoisotopic (exact) mass is 234 g/mol. The van der Waals surface area contributed by atoms with E-state index in [2.05, 4.69) is 5.10 Å². The Labute approximate surface area is 98.7 Å². The van der Waals surface area contributed by atoms with Crippen LogP contribution < -0.4 is 0 Å². The SMILES string of the molecule is Cc1ccc(-c2cn(C)nc2CCC(=O)O)o1. The highest BCUT2D eigenvalue weighted by Gasteiger charge is 2.13. The minimum Gasteiger partial charge on any atom is -0.481 e. The lowest BCUT2D eigenvalue weighted by atomic mass is 10.1. The number of aliphatic carboxylic acids is 1. The molecule has 5 nitrogen and oxygen atoms in total. The highest BCUT2D eigenvalue weighted by Crippen LogP contribution is 2.25. The number of hydrogen-bond donors (Lipinski definition) is 1. The van der Waals surface area contributed by atoms with Crippen LogP contribution in [-0.2, 0) is 18.3 Å². The van der Waals surface area contributed by atoms with Gasteiger partial charge in [-0.25, -0.2) is 0 Å². The molecule has 0 amide bonds. The van der Waals surface area contributed by atoms with E-state index < -0.39 is 5.97 Å². The number of nitrogens with zero attached hydrogens (tertiary/aromatic N) is 2. The summed E-state index contributed by atoms with van der Waals surface area (Å²) in [5.74, 6) is 0.737. The molecule has 0 aliphatic carbocycles. The van der Waals surface area contributed by atoms with Gasteiger partial charge in [-0.1, -0.05) is 0 Å². The third-order valence-electron chi connectivity index (χ3n) is 2.49. The van der Waals surface area contributed by atoms with Crippen LogP contribution in [0.2, 0.25) is 0 Å². The van der Waals surface area contributed by atoms with Crippen molar-refractivity contribution in [2.24, 2.45) is 7.05 Å². The van der Waals surface area contributed by atoms with E-state index in [1.54, 1.807) is 4.68 Å². The van der Waals surface area contributed by atoms with E-state index in [9.17, 15) is 4.79 Å². The molecule has 0 aliphatic heterocycles. The average Bonchev–Trinajstić information content (AvgIpc) is 2.81. The zero-order valence-corrected chi connectivity index (χ0v) is 9.80. The molecular weight excluding hydrogens is 220 g/mol. The van der Waals surface area contributed by atoms with Crippen molar-refractivity contribution < 1.29 is 14.3 Å². The molecule has 0 unspecified atom stereocenters. The third kappa shape index (κ3) is 2.55. The van der Waals surface area contributed by atoms with E-state index in [0.717, 1.165) is 22.8 Å². The van der Waals surface area contributed by atoms with Crippen LogP contribution in [0.25, 0.3) is 11.3 Å². The minimum absolute atomic E-state index is 0.0731. The fraction of sp³-hybridized carbons (Fsp3) is 0.333. The summed E-state index contributed by atoms with van der Waals surface area (Å²) in [5.41, 5.74) is 1.62. The molecule has 0 spiro atoms. The molecule has 90 valence electrons. The van der Waals surface area contributed by atoms with Crippen LogP contribution >= 0.6 is 0 Å². The zero-order valence-electron chi connectivity index (χ0n) is 9.80. The fourth-order valence-electron chi connectivity index (χ4n) is 1.73. The second kappa shape index (κ2) is 4.45. The van der Waals surface area contributed by atoms with Gasteiger partial charge in [-0.05, 0) is 19.1 Å². The number of aryl methyl sites for hydroxylation is 3. The number of hydrogen-bond acceptors (Lipinski definition) is 3.